The first kappa shape index (κ1) is 24.9. The molecule has 2 rings (SSSR count). The van der Waals surface area contributed by atoms with Crippen molar-refractivity contribution in [3.63, 3.8) is 0 Å². The largest absolute Gasteiger partial charge is 0.465 e. The quantitative estimate of drug-likeness (QED) is 0.239. The monoisotopic (exact) mass is 426 g/mol. The molecule has 0 radical (unpaired) electrons. The third-order valence-corrected chi connectivity index (χ3v) is 5.93. The summed E-state index contributed by atoms with van der Waals surface area (Å²) in [7, 11) is 0. The summed E-state index contributed by atoms with van der Waals surface area (Å²) >= 11 is 0. The molecule has 0 saturated heterocycles. The van der Waals surface area contributed by atoms with Crippen molar-refractivity contribution >= 4 is 22.7 Å². The summed E-state index contributed by atoms with van der Waals surface area (Å²) < 4.78 is 10.8. The maximum Gasteiger partial charge on any atom is 0.338 e. The number of carbonyl (C=O) groups is 2. The number of unbranched alkanes of at least 4 members (excludes halogenated alkanes) is 7. The molecule has 0 fully saturated rings. The number of rotatable bonds is 14. The summed E-state index contributed by atoms with van der Waals surface area (Å²) in [6.45, 7) is 6.88. The first-order valence-corrected chi connectivity index (χ1v) is 11.8. The van der Waals surface area contributed by atoms with Gasteiger partial charge in [0, 0.05) is 0 Å². The molecule has 0 aromatic heterocycles. The summed E-state index contributed by atoms with van der Waals surface area (Å²) in [5.74, 6) is -0.329. The number of hydrogen-bond donors (Lipinski definition) is 0. The maximum absolute atomic E-state index is 12.2. The number of fused-ring (bicyclic) bond motifs is 1. The summed E-state index contributed by atoms with van der Waals surface area (Å²) in [5.41, 5.74) is 0.242. The normalized spacial score (nSPS) is 11.5. The Morgan fingerprint density at radius 3 is 1.90 bits per heavy atom. The fourth-order valence-electron chi connectivity index (χ4n) is 3.33. The molecule has 0 aliphatic rings. The zero-order chi connectivity index (χ0) is 22.5. The SMILES string of the molecule is CCC(C)(C)C(=O)OCCCCCCCCCCOC(=O)c1ccc2ccccc2c1. The van der Waals surface area contributed by atoms with Gasteiger partial charge in [0.2, 0.25) is 0 Å². The van der Waals surface area contributed by atoms with Gasteiger partial charge in [0.1, 0.15) is 0 Å². The molecule has 0 atom stereocenters. The zero-order valence-corrected chi connectivity index (χ0v) is 19.5. The van der Waals surface area contributed by atoms with Gasteiger partial charge in [-0.15, -0.1) is 0 Å². The van der Waals surface area contributed by atoms with Crippen LogP contribution in [0.25, 0.3) is 10.8 Å². The van der Waals surface area contributed by atoms with E-state index in [1.807, 2.05) is 63.2 Å². The second-order valence-electron chi connectivity index (χ2n) is 8.90. The van der Waals surface area contributed by atoms with E-state index in [9.17, 15) is 9.59 Å². The third-order valence-electron chi connectivity index (χ3n) is 5.93. The standard InChI is InChI=1S/C27H38O4/c1-4-27(2,3)26(29)31-20-14-10-8-6-5-7-9-13-19-30-25(28)24-18-17-22-15-11-12-16-23(22)21-24/h11-12,15-18,21H,4-10,13-14,19-20H2,1-3H3. The lowest BCUT2D eigenvalue weighted by Crippen LogP contribution is -2.26. The summed E-state index contributed by atoms with van der Waals surface area (Å²) in [6.07, 6.45) is 9.55. The van der Waals surface area contributed by atoms with Gasteiger partial charge >= 0.3 is 11.9 Å². The second-order valence-corrected chi connectivity index (χ2v) is 8.90. The van der Waals surface area contributed by atoms with Crippen LogP contribution in [0.4, 0.5) is 0 Å². The van der Waals surface area contributed by atoms with Crippen molar-refractivity contribution in [2.75, 3.05) is 13.2 Å². The van der Waals surface area contributed by atoms with Crippen LogP contribution in [0.15, 0.2) is 42.5 Å². The van der Waals surface area contributed by atoms with Crippen LogP contribution >= 0.6 is 0 Å². The molecule has 0 bridgehead atoms. The number of hydrogen-bond acceptors (Lipinski definition) is 4. The average molecular weight is 427 g/mol. The fraction of sp³-hybridized carbons (Fsp3) is 0.556. The van der Waals surface area contributed by atoms with Crippen molar-refractivity contribution in [1.29, 1.82) is 0 Å². The van der Waals surface area contributed by atoms with Gasteiger partial charge in [-0.1, -0.05) is 75.8 Å². The van der Waals surface area contributed by atoms with Gasteiger partial charge in [0.15, 0.2) is 0 Å². The maximum atomic E-state index is 12.2. The Hall–Kier alpha value is -2.36. The fourth-order valence-corrected chi connectivity index (χ4v) is 3.33. The molecule has 0 heterocycles. The predicted octanol–water partition coefficient (Wildman–Crippen LogP) is 7.10. The second kappa shape index (κ2) is 13.1. The lowest BCUT2D eigenvalue weighted by molar-refractivity contribution is -0.154. The van der Waals surface area contributed by atoms with E-state index in [1.165, 1.54) is 19.3 Å². The van der Waals surface area contributed by atoms with Crippen LogP contribution in [-0.4, -0.2) is 25.2 Å². The zero-order valence-electron chi connectivity index (χ0n) is 19.5. The molecule has 4 heteroatoms. The van der Waals surface area contributed by atoms with Gasteiger partial charge < -0.3 is 9.47 Å². The van der Waals surface area contributed by atoms with Crippen molar-refractivity contribution in [2.24, 2.45) is 5.41 Å². The minimum atomic E-state index is -0.371. The molecular weight excluding hydrogens is 388 g/mol. The van der Waals surface area contributed by atoms with E-state index in [1.54, 1.807) is 0 Å². The summed E-state index contributed by atoms with van der Waals surface area (Å²) in [4.78, 5) is 24.1. The Morgan fingerprint density at radius 2 is 1.29 bits per heavy atom. The predicted molar refractivity (Wildman–Crippen MR) is 126 cm³/mol. The van der Waals surface area contributed by atoms with Crippen molar-refractivity contribution in [1.82, 2.24) is 0 Å². The van der Waals surface area contributed by atoms with Crippen LogP contribution in [0, 0.1) is 5.41 Å². The molecule has 2 aromatic rings. The minimum absolute atomic E-state index is 0.0867. The van der Waals surface area contributed by atoms with Crippen molar-refractivity contribution in [2.45, 2.75) is 78.6 Å². The highest BCUT2D eigenvalue weighted by Gasteiger charge is 2.26. The van der Waals surface area contributed by atoms with Gasteiger partial charge in [-0.25, -0.2) is 4.79 Å². The molecular formula is C27H38O4. The Labute approximate surface area is 187 Å². The first-order valence-electron chi connectivity index (χ1n) is 11.8. The van der Waals surface area contributed by atoms with Gasteiger partial charge in [-0.3, -0.25) is 4.79 Å². The van der Waals surface area contributed by atoms with Gasteiger partial charge in [0.25, 0.3) is 0 Å². The molecule has 0 amide bonds. The van der Waals surface area contributed by atoms with Crippen molar-refractivity contribution in [3.05, 3.63) is 48.0 Å². The van der Waals surface area contributed by atoms with Crippen LogP contribution in [0.5, 0.6) is 0 Å². The molecule has 0 unspecified atom stereocenters. The highest BCUT2D eigenvalue weighted by Crippen LogP contribution is 2.21. The smallest absolute Gasteiger partial charge is 0.338 e. The van der Waals surface area contributed by atoms with Crippen molar-refractivity contribution < 1.29 is 19.1 Å². The van der Waals surface area contributed by atoms with E-state index in [0.29, 0.717) is 18.8 Å². The number of benzene rings is 2. The van der Waals surface area contributed by atoms with Crippen LogP contribution < -0.4 is 0 Å². The Bertz CT molecular complexity index is 825. The molecule has 0 aliphatic carbocycles. The average Bonchev–Trinajstić information content (AvgIpc) is 2.79. The molecule has 0 aliphatic heterocycles. The highest BCUT2D eigenvalue weighted by atomic mass is 16.5. The number of carbonyl (C=O) groups excluding carboxylic acids is 2. The first-order chi connectivity index (χ1) is 14.9. The summed E-state index contributed by atoms with van der Waals surface area (Å²) in [6, 6.07) is 13.7. The molecule has 0 spiro atoms. The molecule has 0 saturated carbocycles. The molecule has 4 nitrogen and oxygen atoms in total. The van der Waals surface area contributed by atoms with E-state index in [4.69, 9.17) is 9.47 Å². The minimum Gasteiger partial charge on any atom is -0.465 e. The van der Waals surface area contributed by atoms with Crippen LogP contribution in [-0.2, 0) is 14.3 Å². The van der Waals surface area contributed by atoms with E-state index in [2.05, 4.69) is 0 Å². The molecule has 31 heavy (non-hydrogen) atoms. The van der Waals surface area contributed by atoms with Crippen LogP contribution in [0.3, 0.4) is 0 Å². The Balaban J connectivity index is 1.45. The van der Waals surface area contributed by atoms with Gasteiger partial charge in [0.05, 0.1) is 24.2 Å². The molecule has 0 N–H and O–H groups in total. The van der Waals surface area contributed by atoms with E-state index in [0.717, 1.165) is 49.3 Å². The van der Waals surface area contributed by atoms with Gasteiger partial charge in [-0.2, -0.15) is 0 Å². The van der Waals surface area contributed by atoms with E-state index >= 15 is 0 Å². The van der Waals surface area contributed by atoms with Crippen molar-refractivity contribution in [3.8, 4) is 0 Å². The number of esters is 2. The van der Waals surface area contributed by atoms with Crippen LogP contribution in [0.1, 0.15) is 88.9 Å². The van der Waals surface area contributed by atoms with Gasteiger partial charge in [-0.05, 0) is 56.0 Å². The topological polar surface area (TPSA) is 52.6 Å². The lowest BCUT2D eigenvalue weighted by atomic mass is 9.91. The summed E-state index contributed by atoms with van der Waals surface area (Å²) in [5, 5.41) is 2.18. The van der Waals surface area contributed by atoms with E-state index < -0.39 is 0 Å². The molecule has 170 valence electrons. The van der Waals surface area contributed by atoms with Crippen LogP contribution in [0.2, 0.25) is 0 Å². The molecule has 2 aromatic carbocycles. The Morgan fingerprint density at radius 1 is 0.742 bits per heavy atom. The third kappa shape index (κ3) is 8.72. The lowest BCUT2D eigenvalue weighted by Gasteiger charge is -2.20. The number of ether oxygens (including phenoxy) is 2. The van der Waals surface area contributed by atoms with E-state index in [-0.39, 0.29) is 17.4 Å². The highest BCUT2D eigenvalue weighted by molar-refractivity contribution is 5.95. The Kier molecular flexibility index (Phi) is 10.6.